The molecule has 0 bridgehead atoms. The molecule has 0 aromatic carbocycles. The van der Waals surface area contributed by atoms with E-state index < -0.39 is 28.9 Å². The highest BCUT2D eigenvalue weighted by Gasteiger charge is 2.40. The predicted molar refractivity (Wildman–Crippen MR) is 77.9 cm³/mol. The van der Waals surface area contributed by atoms with Crippen LogP contribution in [0.2, 0.25) is 0 Å². The van der Waals surface area contributed by atoms with Crippen LogP contribution < -0.4 is 10.9 Å². The normalized spacial score (nSPS) is 11.8. The average Bonchev–Trinajstić information content (AvgIpc) is 2.92. The number of hydrogen-bond acceptors (Lipinski definition) is 5. The maximum absolute atomic E-state index is 13.4. The van der Waals surface area contributed by atoms with Crippen molar-refractivity contribution < 1.29 is 18.0 Å². The Balaban J connectivity index is 2.38. The lowest BCUT2D eigenvalue weighted by atomic mass is 10.2. The number of likely N-dealkylation sites (N-methyl/N-ethyl adjacent to an activating group) is 1. The molecule has 0 spiro atoms. The third-order valence-corrected chi connectivity index (χ3v) is 3.01. The largest absolute Gasteiger partial charge is 0.434 e. The number of aromatic amines is 1. The van der Waals surface area contributed by atoms with Gasteiger partial charge >= 0.3 is 6.18 Å². The Morgan fingerprint density at radius 1 is 1.38 bits per heavy atom. The van der Waals surface area contributed by atoms with E-state index in [4.69, 9.17) is 0 Å². The van der Waals surface area contributed by atoms with Gasteiger partial charge in [0, 0.05) is 19.2 Å². The van der Waals surface area contributed by atoms with Crippen molar-refractivity contribution in [3.8, 4) is 5.82 Å². The molecule has 2 aromatic rings. The first-order chi connectivity index (χ1) is 11.2. The minimum Gasteiger partial charge on any atom is -0.351 e. The second-order valence-electron chi connectivity index (χ2n) is 5.15. The van der Waals surface area contributed by atoms with Crippen molar-refractivity contribution in [2.75, 3.05) is 27.2 Å². The number of nitrogens with one attached hydrogen (secondary N) is 2. The number of carbonyl (C=O) groups excluding carboxylic acids is 1. The molecule has 0 atom stereocenters. The summed E-state index contributed by atoms with van der Waals surface area (Å²) in [6, 6.07) is 2.09. The van der Waals surface area contributed by atoms with Gasteiger partial charge in [0.15, 0.2) is 11.5 Å². The zero-order valence-electron chi connectivity index (χ0n) is 12.9. The molecule has 0 aliphatic heterocycles. The molecule has 0 radical (unpaired) electrons. The topological polar surface area (TPSA) is 95.9 Å². The fourth-order valence-electron chi connectivity index (χ4n) is 1.90. The molecular weight excluding hydrogens is 329 g/mol. The minimum absolute atomic E-state index is 0.186. The molecule has 0 saturated carbocycles. The minimum atomic E-state index is -4.83. The highest BCUT2D eigenvalue weighted by Crippen LogP contribution is 2.33. The summed E-state index contributed by atoms with van der Waals surface area (Å²) in [4.78, 5) is 24.8. The zero-order valence-corrected chi connectivity index (χ0v) is 12.9. The number of rotatable bonds is 5. The van der Waals surface area contributed by atoms with Crippen molar-refractivity contribution in [2.24, 2.45) is 0 Å². The number of alkyl halides is 3. The van der Waals surface area contributed by atoms with Gasteiger partial charge in [-0.1, -0.05) is 0 Å². The van der Waals surface area contributed by atoms with Gasteiger partial charge in [-0.05, 0) is 20.2 Å². The van der Waals surface area contributed by atoms with Crippen LogP contribution in [-0.2, 0) is 6.18 Å². The second-order valence-corrected chi connectivity index (χ2v) is 5.15. The first-order valence-corrected chi connectivity index (χ1v) is 6.84. The number of carbonyl (C=O) groups is 1. The third kappa shape index (κ3) is 3.98. The summed E-state index contributed by atoms with van der Waals surface area (Å²) in [5.74, 6) is -1.14. The quantitative estimate of drug-likeness (QED) is 0.812. The Kier molecular flexibility index (Phi) is 5.02. The van der Waals surface area contributed by atoms with Crippen LogP contribution in [-0.4, -0.2) is 58.0 Å². The average molecular weight is 344 g/mol. The molecule has 0 saturated heterocycles. The Bertz CT molecular complexity index is 760. The standard InChI is InChI=1S/C13H15F3N6O2/c1-21(2)6-5-17-12(24)8-7-18-22(11(8)13(14,15)16)9-3-4-10(23)20-19-9/h3-4,7H,5-6H2,1-2H3,(H,17,24)(H,20,23). The molecule has 0 aliphatic rings. The molecule has 0 fully saturated rings. The van der Waals surface area contributed by atoms with Crippen molar-refractivity contribution in [3.63, 3.8) is 0 Å². The molecule has 2 rings (SSSR count). The molecule has 0 aliphatic carbocycles. The van der Waals surface area contributed by atoms with E-state index in [9.17, 15) is 22.8 Å². The van der Waals surface area contributed by atoms with Crippen LogP contribution in [0.15, 0.2) is 23.1 Å². The fourth-order valence-corrected chi connectivity index (χ4v) is 1.90. The summed E-state index contributed by atoms with van der Waals surface area (Å²) in [6.45, 7) is 0.661. The van der Waals surface area contributed by atoms with E-state index >= 15 is 0 Å². The lowest BCUT2D eigenvalue weighted by Crippen LogP contribution is -2.32. The van der Waals surface area contributed by atoms with E-state index in [0.717, 1.165) is 18.3 Å². The van der Waals surface area contributed by atoms with Crippen LogP contribution in [0.25, 0.3) is 5.82 Å². The number of aromatic nitrogens is 4. The molecule has 130 valence electrons. The van der Waals surface area contributed by atoms with Crippen molar-refractivity contribution in [1.82, 2.24) is 30.2 Å². The number of halogens is 3. The fraction of sp³-hybridized carbons (Fsp3) is 0.385. The van der Waals surface area contributed by atoms with Gasteiger partial charge in [-0.25, -0.2) is 9.78 Å². The first kappa shape index (κ1) is 17.7. The Morgan fingerprint density at radius 2 is 2.08 bits per heavy atom. The molecule has 2 heterocycles. The summed E-state index contributed by atoms with van der Waals surface area (Å²) in [6.07, 6.45) is -4.01. The van der Waals surface area contributed by atoms with Crippen LogP contribution in [0.5, 0.6) is 0 Å². The maximum Gasteiger partial charge on any atom is 0.434 e. The van der Waals surface area contributed by atoms with Crippen LogP contribution in [0.1, 0.15) is 16.1 Å². The molecule has 8 nitrogen and oxygen atoms in total. The third-order valence-electron chi connectivity index (χ3n) is 3.01. The molecule has 2 aromatic heterocycles. The zero-order chi connectivity index (χ0) is 17.9. The van der Waals surface area contributed by atoms with Gasteiger partial charge < -0.3 is 10.2 Å². The molecule has 2 N–H and O–H groups in total. The van der Waals surface area contributed by atoms with Crippen LogP contribution in [0.3, 0.4) is 0 Å². The Labute approximate surface area is 134 Å². The van der Waals surface area contributed by atoms with Gasteiger partial charge in [-0.15, -0.1) is 0 Å². The van der Waals surface area contributed by atoms with Crippen molar-refractivity contribution >= 4 is 5.91 Å². The van der Waals surface area contributed by atoms with Gasteiger partial charge in [-0.3, -0.25) is 9.59 Å². The first-order valence-electron chi connectivity index (χ1n) is 6.84. The number of hydrogen-bond donors (Lipinski definition) is 2. The summed E-state index contributed by atoms with van der Waals surface area (Å²) in [5.41, 5.74) is -2.44. The van der Waals surface area contributed by atoms with Crippen molar-refractivity contribution in [2.45, 2.75) is 6.18 Å². The van der Waals surface area contributed by atoms with E-state index in [0.29, 0.717) is 11.2 Å². The lowest BCUT2D eigenvalue weighted by molar-refractivity contribution is -0.143. The van der Waals surface area contributed by atoms with Crippen LogP contribution >= 0.6 is 0 Å². The Hall–Kier alpha value is -2.69. The summed E-state index contributed by atoms with van der Waals surface area (Å²) in [5, 5.41) is 11.5. The molecule has 1 amide bonds. The Morgan fingerprint density at radius 3 is 2.62 bits per heavy atom. The second kappa shape index (κ2) is 6.83. The number of nitrogens with zero attached hydrogens (tertiary/aromatic N) is 4. The highest BCUT2D eigenvalue weighted by molar-refractivity contribution is 5.95. The van der Waals surface area contributed by atoms with Gasteiger partial charge in [-0.2, -0.15) is 23.4 Å². The lowest BCUT2D eigenvalue weighted by Gasteiger charge is -2.13. The van der Waals surface area contributed by atoms with Crippen molar-refractivity contribution in [3.05, 3.63) is 39.9 Å². The monoisotopic (exact) mass is 344 g/mol. The molecule has 0 unspecified atom stereocenters. The number of amides is 1. The van der Waals surface area contributed by atoms with E-state index in [-0.39, 0.29) is 12.4 Å². The maximum atomic E-state index is 13.4. The van der Waals surface area contributed by atoms with E-state index in [1.807, 2.05) is 5.10 Å². The van der Waals surface area contributed by atoms with E-state index in [1.165, 1.54) is 0 Å². The molecular formula is C13H15F3N6O2. The SMILES string of the molecule is CN(C)CCNC(=O)c1cnn(-c2ccc(=O)[nH]n2)c1C(F)(F)F. The van der Waals surface area contributed by atoms with Crippen LogP contribution in [0.4, 0.5) is 13.2 Å². The molecule has 11 heteroatoms. The van der Waals surface area contributed by atoms with E-state index in [2.05, 4.69) is 15.5 Å². The van der Waals surface area contributed by atoms with Gasteiger partial charge in [0.1, 0.15) is 0 Å². The van der Waals surface area contributed by atoms with Crippen LogP contribution in [0, 0.1) is 0 Å². The van der Waals surface area contributed by atoms with Gasteiger partial charge in [0.25, 0.3) is 11.5 Å². The molecule has 24 heavy (non-hydrogen) atoms. The van der Waals surface area contributed by atoms with Crippen molar-refractivity contribution in [1.29, 1.82) is 0 Å². The predicted octanol–water partition coefficient (Wildman–Crippen LogP) is 0.266. The highest BCUT2D eigenvalue weighted by atomic mass is 19.4. The summed E-state index contributed by atoms with van der Waals surface area (Å²) < 4.78 is 40.6. The summed E-state index contributed by atoms with van der Waals surface area (Å²) in [7, 11) is 3.54. The number of H-pyrrole nitrogens is 1. The summed E-state index contributed by atoms with van der Waals surface area (Å²) >= 11 is 0. The van der Waals surface area contributed by atoms with E-state index in [1.54, 1.807) is 19.0 Å². The van der Waals surface area contributed by atoms with Gasteiger partial charge in [0.05, 0.1) is 11.8 Å². The smallest absolute Gasteiger partial charge is 0.351 e. The van der Waals surface area contributed by atoms with Gasteiger partial charge in [0.2, 0.25) is 0 Å².